The summed E-state index contributed by atoms with van der Waals surface area (Å²) in [4.78, 5) is 24.0. The Hall–Kier alpha value is -1.86. The number of aromatic amines is 1. The van der Waals surface area contributed by atoms with Crippen LogP contribution >= 0.6 is 27.5 Å². The molecule has 2 rings (SSSR count). The Kier molecular flexibility index (Phi) is 6.39. The molecule has 0 aliphatic carbocycles. The van der Waals surface area contributed by atoms with Gasteiger partial charge in [-0.3, -0.25) is 14.7 Å². The first kappa shape index (κ1) is 18.5. The Balaban J connectivity index is 1.81. The highest BCUT2D eigenvalue weighted by Gasteiger charge is 2.18. The van der Waals surface area contributed by atoms with Crippen LogP contribution in [0.25, 0.3) is 0 Å². The summed E-state index contributed by atoms with van der Waals surface area (Å²) in [5.41, 5.74) is 1.70. The third-order valence-electron chi connectivity index (χ3n) is 3.33. The van der Waals surface area contributed by atoms with Crippen LogP contribution < -0.4 is 10.6 Å². The molecule has 1 aromatic heterocycles. The number of H-pyrrole nitrogens is 1. The van der Waals surface area contributed by atoms with Crippen molar-refractivity contribution < 1.29 is 9.59 Å². The van der Waals surface area contributed by atoms with Gasteiger partial charge in [0, 0.05) is 23.7 Å². The lowest BCUT2D eigenvalue weighted by Gasteiger charge is -2.07. The average molecular weight is 414 g/mol. The first-order valence-corrected chi connectivity index (χ1v) is 8.63. The van der Waals surface area contributed by atoms with Gasteiger partial charge in [0.2, 0.25) is 0 Å². The molecule has 0 radical (unpaired) electrons. The molecule has 24 heavy (non-hydrogen) atoms. The number of benzene rings is 1. The zero-order valence-corrected chi connectivity index (χ0v) is 15.7. The lowest BCUT2D eigenvalue weighted by molar-refractivity contribution is 0.0924. The van der Waals surface area contributed by atoms with Crippen molar-refractivity contribution in [2.24, 2.45) is 0 Å². The van der Waals surface area contributed by atoms with Crippen LogP contribution in [0.4, 0.5) is 0 Å². The molecule has 2 aromatic rings. The van der Waals surface area contributed by atoms with E-state index in [0.717, 1.165) is 5.69 Å². The monoisotopic (exact) mass is 412 g/mol. The number of carbonyl (C=O) groups excluding carboxylic acids is 2. The van der Waals surface area contributed by atoms with E-state index >= 15 is 0 Å². The van der Waals surface area contributed by atoms with Gasteiger partial charge in [-0.15, -0.1) is 0 Å². The van der Waals surface area contributed by atoms with Crippen LogP contribution in [0.1, 0.15) is 46.3 Å². The third-order valence-corrected chi connectivity index (χ3v) is 4.38. The van der Waals surface area contributed by atoms with Crippen LogP contribution in [0.5, 0.6) is 0 Å². The summed E-state index contributed by atoms with van der Waals surface area (Å²) in [6.45, 7) is 4.62. The molecular weight excluding hydrogens is 396 g/mol. The Morgan fingerprint density at radius 2 is 1.75 bits per heavy atom. The summed E-state index contributed by atoms with van der Waals surface area (Å²) in [6, 6.07) is 6.59. The highest BCUT2D eigenvalue weighted by molar-refractivity contribution is 9.10. The van der Waals surface area contributed by atoms with E-state index < -0.39 is 0 Å². The van der Waals surface area contributed by atoms with E-state index in [0.29, 0.717) is 33.8 Å². The highest BCUT2D eigenvalue weighted by Crippen LogP contribution is 2.25. The second-order valence-electron chi connectivity index (χ2n) is 5.47. The molecule has 1 heterocycles. The summed E-state index contributed by atoms with van der Waals surface area (Å²) in [5.74, 6) is -0.290. The summed E-state index contributed by atoms with van der Waals surface area (Å²) < 4.78 is 0.667. The third kappa shape index (κ3) is 4.58. The largest absolute Gasteiger partial charge is 0.350 e. The van der Waals surface area contributed by atoms with Crippen LogP contribution in [-0.2, 0) is 0 Å². The normalized spacial score (nSPS) is 10.7. The van der Waals surface area contributed by atoms with Crippen molar-refractivity contribution in [3.05, 3.63) is 50.7 Å². The molecular formula is C16H18BrClN4O2. The number of nitrogens with zero attached hydrogens (tertiary/aromatic N) is 1. The van der Waals surface area contributed by atoms with Crippen molar-refractivity contribution in [1.82, 2.24) is 20.8 Å². The first-order chi connectivity index (χ1) is 11.4. The maximum atomic E-state index is 12.1. The Labute approximate surface area is 153 Å². The van der Waals surface area contributed by atoms with Gasteiger partial charge < -0.3 is 10.6 Å². The summed E-state index contributed by atoms with van der Waals surface area (Å²) in [7, 11) is 0. The number of amides is 2. The minimum Gasteiger partial charge on any atom is -0.350 e. The predicted octanol–water partition coefficient (Wildman–Crippen LogP) is 3.11. The van der Waals surface area contributed by atoms with E-state index in [4.69, 9.17) is 11.6 Å². The maximum Gasteiger partial charge on any atom is 0.273 e. The number of halogens is 2. The van der Waals surface area contributed by atoms with Gasteiger partial charge in [0.25, 0.3) is 11.8 Å². The van der Waals surface area contributed by atoms with Crippen molar-refractivity contribution >= 4 is 39.3 Å². The fourth-order valence-electron chi connectivity index (χ4n) is 2.01. The van der Waals surface area contributed by atoms with Gasteiger partial charge in [-0.2, -0.15) is 5.10 Å². The minimum atomic E-state index is -0.300. The molecule has 3 N–H and O–H groups in total. The van der Waals surface area contributed by atoms with Gasteiger partial charge in [-0.05, 0) is 46.1 Å². The number of hydrogen-bond acceptors (Lipinski definition) is 3. The van der Waals surface area contributed by atoms with Crippen LogP contribution in [0.3, 0.4) is 0 Å². The van der Waals surface area contributed by atoms with E-state index in [1.54, 1.807) is 24.3 Å². The summed E-state index contributed by atoms with van der Waals surface area (Å²) >= 11 is 9.16. The number of aromatic nitrogens is 2. The van der Waals surface area contributed by atoms with Crippen molar-refractivity contribution in [3.8, 4) is 0 Å². The quantitative estimate of drug-likeness (QED) is 0.636. The van der Waals surface area contributed by atoms with Crippen LogP contribution in [0, 0.1) is 0 Å². The molecule has 0 aliphatic heterocycles. The molecule has 0 saturated heterocycles. The Bertz CT molecular complexity index is 728. The lowest BCUT2D eigenvalue weighted by atomic mass is 10.1. The zero-order chi connectivity index (χ0) is 17.7. The minimum absolute atomic E-state index is 0.219. The van der Waals surface area contributed by atoms with Gasteiger partial charge in [0.15, 0.2) is 5.69 Å². The molecule has 0 unspecified atom stereocenters. The molecule has 2 amide bonds. The molecule has 0 aliphatic rings. The van der Waals surface area contributed by atoms with Crippen molar-refractivity contribution in [1.29, 1.82) is 0 Å². The SMILES string of the molecule is CC(C)c1[nH]nc(C(=O)NCCNC(=O)c2ccc(Cl)cc2)c1Br. The average Bonchev–Trinajstić information content (AvgIpc) is 2.93. The van der Waals surface area contributed by atoms with Gasteiger partial charge in [0.05, 0.1) is 10.2 Å². The standard InChI is InChI=1S/C16H18BrClN4O2/c1-9(2)13-12(17)14(22-21-13)16(24)20-8-7-19-15(23)10-3-5-11(18)6-4-10/h3-6,9H,7-8H2,1-2H3,(H,19,23)(H,20,24)(H,21,22). The molecule has 128 valence electrons. The predicted molar refractivity (Wildman–Crippen MR) is 96.5 cm³/mol. The molecule has 8 heteroatoms. The van der Waals surface area contributed by atoms with Gasteiger partial charge in [-0.1, -0.05) is 25.4 Å². The molecule has 0 saturated carbocycles. The molecule has 0 atom stereocenters. The Morgan fingerprint density at radius 3 is 2.29 bits per heavy atom. The first-order valence-electron chi connectivity index (χ1n) is 7.46. The second-order valence-corrected chi connectivity index (χ2v) is 6.70. The number of nitrogens with one attached hydrogen (secondary N) is 3. The number of hydrogen-bond donors (Lipinski definition) is 3. The van der Waals surface area contributed by atoms with E-state index in [1.807, 2.05) is 13.8 Å². The van der Waals surface area contributed by atoms with Gasteiger partial charge in [0.1, 0.15) is 0 Å². The number of carbonyl (C=O) groups is 2. The van der Waals surface area contributed by atoms with Crippen LogP contribution in [0.2, 0.25) is 5.02 Å². The van der Waals surface area contributed by atoms with Crippen LogP contribution in [-0.4, -0.2) is 35.1 Å². The molecule has 0 fully saturated rings. The lowest BCUT2D eigenvalue weighted by Crippen LogP contribution is -2.35. The van der Waals surface area contributed by atoms with Crippen molar-refractivity contribution in [2.75, 3.05) is 13.1 Å². The highest BCUT2D eigenvalue weighted by atomic mass is 79.9. The molecule has 0 spiro atoms. The van der Waals surface area contributed by atoms with E-state index in [9.17, 15) is 9.59 Å². The summed E-state index contributed by atoms with van der Waals surface area (Å²) in [5, 5.41) is 12.9. The Morgan fingerprint density at radius 1 is 1.17 bits per heavy atom. The van der Waals surface area contributed by atoms with Crippen molar-refractivity contribution in [3.63, 3.8) is 0 Å². The molecule has 6 nitrogen and oxygen atoms in total. The second kappa shape index (κ2) is 8.30. The van der Waals surface area contributed by atoms with E-state index in [-0.39, 0.29) is 17.7 Å². The fourth-order valence-corrected chi connectivity index (χ4v) is 2.96. The van der Waals surface area contributed by atoms with E-state index in [1.165, 1.54) is 0 Å². The smallest absolute Gasteiger partial charge is 0.273 e. The van der Waals surface area contributed by atoms with E-state index in [2.05, 4.69) is 36.8 Å². The van der Waals surface area contributed by atoms with Crippen LogP contribution in [0.15, 0.2) is 28.7 Å². The fraction of sp³-hybridized carbons (Fsp3) is 0.312. The number of rotatable bonds is 6. The topological polar surface area (TPSA) is 86.9 Å². The molecule has 1 aromatic carbocycles. The maximum absolute atomic E-state index is 12.1. The van der Waals surface area contributed by atoms with Gasteiger partial charge in [-0.25, -0.2) is 0 Å². The summed E-state index contributed by atoms with van der Waals surface area (Å²) in [6.07, 6.45) is 0. The van der Waals surface area contributed by atoms with Crippen molar-refractivity contribution in [2.45, 2.75) is 19.8 Å². The molecule has 0 bridgehead atoms. The van der Waals surface area contributed by atoms with Gasteiger partial charge >= 0.3 is 0 Å². The zero-order valence-electron chi connectivity index (χ0n) is 13.3.